The molecule has 2 aliphatic heterocycles. The molecule has 148 valence electrons. The molecule has 4 unspecified atom stereocenters. The average Bonchev–Trinajstić information content (AvgIpc) is 3.48. The quantitative estimate of drug-likeness (QED) is 0.725. The summed E-state index contributed by atoms with van der Waals surface area (Å²) in [5, 5.41) is 0. The Morgan fingerprint density at radius 3 is 2.63 bits per heavy atom. The van der Waals surface area contributed by atoms with E-state index in [1.54, 1.807) is 0 Å². The van der Waals surface area contributed by atoms with Crippen molar-refractivity contribution in [2.24, 2.45) is 23.7 Å². The first-order valence-corrected chi connectivity index (χ1v) is 10.7. The Bertz CT molecular complexity index is 636. The second-order valence-electron chi connectivity index (χ2n) is 8.81. The third-order valence-electron chi connectivity index (χ3n) is 6.77. The van der Waals surface area contributed by atoms with E-state index in [0.29, 0.717) is 24.9 Å². The molecule has 4 atom stereocenters. The molecule has 4 aliphatic rings. The van der Waals surface area contributed by atoms with Gasteiger partial charge in [0.1, 0.15) is 5.92 Å². The van der Waals surface area contributed by atoms with Gasteiger partial charge in [0.25, 0.3) is 5.91 Å². The summed E-state index contributed by atoms with van der Waals surface area (Å²) in [5.41, 5.74) is 5.69. The number of hydrogen-bond donors (Lipinski definition) is 2. The van der Waals surface area contributed by atoms with Crippen LogP contribution in [0.1, 0.15) is 45.4 Å². The molecule has 0 spiro atoms. The zero-order chi connectivity index (χ0) is 18.8. The standard InChI is InChI=1S/C21H32N4O2/c1-15-4-2-3-5-17(15)13-25-11-10-24(14-20(25)26)19-12-22-23-21(27)18(19)9-8-16-6-7-16/h15-19,22H,2-7,10-14H2,1H3,(H,23,27). The van der Waals surface area contributed by atoms with Crippen molar-refractivity contribution in [3.8, 4) is 11.8 Å². The number of hydrazine groups is 1. The number of nitrogens with zero attached hydrogens (tertiary/aromatic N) is 2. The van der Waals surface area contributed by atoms with Crippen LogP contribution in [0.4, 0.5) is 0 Å². The Kier molecular flexibility index (Phi) is 5.70. The number of carbonyl (C=O) groups excluding carboxylic acids is 2. The van der Waals surface area contributed by atoms with Crippen LogP contribution in [0.5, 0.6) is 0 Å². The minimum absolute atomic E-state index is 0.0234. The summed E-state index contributed by atoms with van der Waals surface area (Å²) in [6, 6.07) is -0.0234. The van der Waals surface area contributed by atoms with Crippen LogP contribution in [0.2, 0.25) is 0 Å². The van der Waals surface area contributed by atoms with Gasteiger partial charge in [-0.3, -0.25) is 19.9 Å². The van der Waals surface area contributed by atoms with E-state index in [2.05, 4.69) is 39.4 Å². The van der Waals surface area contributed by atoms with Gasteiger partial charge in [0, 0.05) is 38.1 Å². The highest BCUT2D eigenvalue weighted by atomic mass is 16.2. The van der Waals surface area contributed by atoms with Crippen LogP contribution in [0.15, 0.2) is 0 Å². The third kappa shape index (κ3) is 4.47. The van der Waals surface area contributed by atoms with Crippen LogP contribution in [-0.2, 0) is 9.59 Å². The molecule has 0 aromatic carbocycles. The average molecular weight is 373 g/mol. The van der Waals surface area contributed by atoms with Crippen molar-refractivity contribution in [1.29, 1.82) is 0 Å². The van der Waals surface area contributed by atoms with Crippen molar-refractivity contribution in [1.82, 2.24) is 20.7 Å². The van der Waals surface area contributed by atoms with Gasteiger partial charge >= 0.3 is 0 Å². The first-order chi connectivity index (χ1) is 13.1. The van der Waals surface area contributed by atoms with Gasteiger partial charge in [0.05, 0.1) is 6.54 Å². The van der Waals surface area contributed by atoms with Gasteiger partial charge in [-0.15, -0.1) is 0 Å². The summed E-state index contributed by atoms with van der Waals surface area (Å²) in [4.78, 5) is 29.4. The molecule has 4 fully saturated rings. The molecule has 2 heterocycles. The Balaban J connectivity index is 1.37. The molecule has 2 saturated heterocycles. The van der Waals surface area contributed by atoms with Gasteiger partial charge in [0.15, 0.2) is 0 Å². The maximum Gasteiger partial charge on any atom is 0.250 e. The number of carbonyl (C=O) groups is 2. The monoisotopic (exact) mass is 372 g/mol. The summed E-state index contributed by atoms with van der Waals surface area (Å²) in [5.74, 6) is 8.10. The fourth-order valence-electron chi connectivity index (χ4n) is 4.70. The lowest BCUT2D eigenvalue weighted by Crippen LogP contribution is -2.64. The van der Waals surface area contributed by atoms with Crippen molar-refractivity contribution in [2.75, 3.05) is 32.7 Å². The first kappa shape index (κ1) is 18.8. The van der Waals surface area contributed by atoms with Gasteiger partial charge < -0.3 is 4.90 Å². The van der Waals surface area contributed by atoms with Gasteiger partial charge in [-0.25, -0.2) is 5.43 Å². The maximum atomic E-state index is 12.8. The van der Waals surface area contributed by atoms with Crippen LogP contribution >= 0.6 is 0 Å². The second kappa shape index (κ2) is 8.20. The largest absolute Gasteiger partial charge is 0.340 e. The molecule has 0 bridgehead atoms. The zero-order valence-corrected chi connectivity index (χ0v) is 16.4. The van der Waals surface area contributed by atoms with Crippen molar-refractivity contribution >= 4 is 11.8 Å². The number of piperazine rings is 1. The maximum absolute atomic E-state index is 12.8. The number of rotatable bonds is 3. The number of amides is 2. The van der Waals surface area contributed by atoms with Gasteiger partial charge in [0.2, 0.25) is 5.91 Å². The SMILES string of the molecule is CC1CCCCC1CN1CCN(C2CNNC(=O)C2C#CC2CC2)CC1=O. The van der Waals surface area contributed by atoms with E-state index in [1.807, 2.05) is 0 Å². The molecule has 6 nitrogen and oxygen atoms in total. The van der Waals surface area contributed by atoms with E-state index < -0.39 is 0 Å². The van der Waals surface area contributed by atoms with Gasteiger partial charge in [-0.1, -0.05) is 38.0 Å². The van der Waals surface area contributed by atoms with E-state index in [4.69, 9.17) is 0 Å². The minimum atomic E-state index is -0.343. The van der Waals surface area contributed by atoms with E-state index in [1.165, 1.54) is 25.7 Å². The lowest BCUT2D eigenvalue weighted by Gasteiger charge is -2.43. The molecule has 0 radical (unpaired) electrons. The summed E-state index contributed by atoms with van der Waals surface area (Å²) in [6.07, 6.45) is 7.48. The highest BCUT2D eigenvalue weighted by molar-refractivity contribution is 5.83. The predicted octanol–water partition coefficient (Wildman–Crippen LogP) is 0.990. The van der Waals surface area contributed by atoms with E-state index in [-0.39, 0.29) is 23.8 Å². The second-order valence-corrected chi connectivity index (χ2v) is 8.81. The van der Waals surface area contributed by atoms with Crippen LogP contribution in [0.3, 0.4) is 0 Å². The van der Waals surface area contributed by atoms with E-state index in [9.17, 15) is 9.59 Å². The molecule has 2 saturated carbocycles. The number of nitrogens with one attached hydrogen (secondary N) is 2. The molecule has 2 aliphatic carbocycles. The first-order valence-electron chi connectivity index (χ1n) is 10.7. The Hall–Kier alpha value is -1.58. The summed E-state index contributed by atoms with van der Waals surface area (Å²) >= 11 is 0. The summed E-state index contributed by atoms with van der Waals surface area (Å²) < 4.78 is 0. The molecule has 27 heavy (non-hydrogen) atoms. The lowest BCUT2D eigenvalue weighted by atomic mass is 9.80. The highest BCUT2D eigenvalue weighted by Crippen LogP contribution is 2.31. The normalized spacial score (nSPS) is 35.4. The van der Waals surface area contributed by atoms with Crippen LogP contribution in [0, 0.1) is 35.5 Å². The Labute approximate surface area is 162 Å². The van der Waals surface area contributed by atoms with Crippen molar-refractivity contribution in [3.05, 3.63) is 0 Å². The molecule has 6 heteroatoms. The van der Waals surface area contributed by atoms with Crippen LogP contribution in [-0.4, -0.2) is 60.4 Å². The molecule has 4 rings (SSSR count). The predicted molar refractivity (Wildman–Crippen MR) is 103 cm³/mol. The summed E-state index contributed by atoms with van der Waals surface area (Å²) in [7, 11) is 0. The van der Waals surface area contributed by atoms with Crippen molar-refractivity contribution in [3.63, 3.8) is 0 Å². The Morgan fingerprint density at radius 1 is 1.07 bits per heavy atom. The molecule has 0 aromatic rings. The lowest BCUT2D eigenvalue weighted by molar-refractivity contribution is -0.141. The fraction of sp³-hybridized carbons (Fsp3) is 0.810. The van der Waals surface area contributed by atoms with Crippen molar-refractivity contribution < 1.29 is 9.59 Å². The molecular formula is C21H32N4O2. The van der Waals surface area contributed by atoms with Crippen molar-refractivity contribution in [2.45, 2.75) is 51.5 Å². The van der Waals surface area contributed by atoms with Crippen LogP contribution in [0.25, 0.3) is 0 Å². The minimum Gasteiger partial charge on any atom is -0.340 e. The van der Waals surface area contributed by atoms with E-state index >= 15 is 0 Å². The topological polar surface area (TPSA) is 64.7 Å². The summed E-state index contributed by atoms with van der Waals surface area (Å²) in [6.45, 7) is 5.88. The molecule has 2 N–H and O–H groups in total. The Morgan fingerprint density at radius 2 is 1.89 bits per heavy atom. The van der Waals surface area contributed by atoms with Gasteiger partial charge in [-0.05, 0) is 31.1 Å². The zero-order valence-electron chi connectivity index (χ0n) is 16.4. The fourth-order valence-corrected chi connectivity index (χ4v) is 4.70. The molecule has 2 amide bonds. The third-order valence-corrected chi connectivity index (χ3v) is 6.77. The molecule has 0 aromatic heterocycles. The van der Waals surface area contributed by atoms with Crippen LogP contribution < -0.4 is 10.9 Å². The molecular weight excluding hydrogens is 340 g/mol. The van der Waals surface area contributed by atoms with Gasteiger partial charge in [-0.2, -0.15) is 0 Å². The van der Waals surface area contributed by atoms with E-state index in [0.717, 1.165) is 38.4 Å². The smallest absolute Gasteiger partial charge is 0.250 e. The highest BCUT2D eigenvalue weighted by Gasteiger charge is 2.39. The number of hydrogen-bond acceptors (Lipinski definition) is 4.